The predicted molar refractivity (Wildman–Crippen MR) is 110 cm³/mol. The van der Waals surface area contributed by atoms with Crippen molar-refractivity contribution in [2.75, 3.05) is 17.2 Å². The molecular weight excluding hydrogens is 403 g/mol. The number of anilines is 2. The number of halogens is 2. The summed E-state index contributed by atoms with van der Waals surface area (Å²) in [6.07, 6.45) is -0.234. The number of carbonyl (C=O) groups is 3. The first kappa shape index (κ1) is 21.7. The third-order valence-electron chi connectivity index (χ3n) is 3.91. The fourth-order valence-corrected chi connectivity index (χ4v) is 2.55. The van der Waals surface area contributed by atoms with Gasteiger partial charge in [0.1, 0.15) is 0 Å². The summed E-state index contributed by atoms with van der Waals surface area (Å²) in [5.74, 6) is -1.47. The molecule has 0 atom stereocenters. The second-order valence-electron chi connectivity index (χ2n) is 6.18. The molecule has 0 aromatic heterocycles. The van der Waals surface area contributed by atoms with Gasteiger partial charge in [-0.1, -0.05) is 29.3 Å². The standard InChI is InChI=1S/C20H20Cl2N2O4/c1-12-3-4-14(9-13(12)2)24-19(26)11-28-20(27)8-7-18(25)23-15-5-6-16(21)17(22)10-15/h3-6,9-10H,7-8,11H2,1-2H3,(H,23,25)(H,24,26). The molecule has 0 radical (unpaired) electrons. The van der Waals surface area contributed by atoms with Crippen molar-refractivity contribution in [1.29, 1.82) is 0 Å². The average molecular weight is 423 g/mol. The number of hydrogen-bond acceptors (Lipinski definition) is 4. The molecule has 0 aliphatic rings. The second-order valence-corrected chi connectivity index (χ2v) is 7.00. The summed E-state index contributed by atoms with van der Waals surface area (Å²) < 4.78 is 4.90. The fourth-order valence-electron chi connectivity index (χ4n) is 2.25. The molecule has 6 nitrogen and oxygen atoms in total. The Bertz CT molecular complexity index is 828. The molecule has 2 aromatic carbocycles. The Labute approximate surface area is 173 Å². The van der Waals surface area contributed by atoms with Gasteiger partial charge in [0, 0.05) is 17.8 Å². The number of amides is 2. The Morgan fingerprint density at radius 3 is 2.14 bits per heavy atom. The zero-order chi connectivity index (χ0) is 20.7. The highest BCUT2D eigenvalue weighted by Gasteiger charge is 2.11. The fraction of sp³-hybridized carbons (Fsp3) is 0.250. The maximum absolute atomic E-state index is 11.9. The average Bonchev–Trinajstić information content (AvgIpc) is 2.64. The van der Waals surface area contributed by atoms with Crippen molar-refractivity contribution in [2.24, 2.45) is 0 Å². The Hall–Kier alpha value is -2.57. The van der Waals surface area contributed by atoms with Crippen molar-refractivity contribution >= 4 is 52.4 Å². The minimum absolute atomic E-state index is 0.0855. The van der Waals surface area contributed by atoms with E-state index in [1.54, 1.807) is 18.2 Å². The number of aryl methyl sites for hydroxylation is 2. The first-order valence-corrected chi connectivity index (χ1v) is 9.28. The smallest absolute Gasteiger partial charge is 0.306 e. The number of nitrogens with one attached hydrogen (secondary N) is 2. The third kappa shape index (κ3) is 6.87. The molecule has 0 unspecified atom stereocenters. The summed E-state index contributed by atoms with van der Waals surface area (Å²) >= 11 is 11.7. The van der Waals surface area contributed by atoms with Gasteiger partial charge in [0.15, 0.2) is 6.61 Å². The summed E-state index contributed by atoms with van der Waals surface area (Å²) in [7, 11) is 0. The summed E-state index contributed by atoms with van der Waals surface area (Å²) in [4.78, 5) is 35.5. The van der Waals surface area contributed by atoms with Gasteiger partial charge < -0.3 is 15.4 Å². The van der Waals surface area contributed by atoms with E-state index in [-0.39, 0.29) is 18.7 Å². The summed E-state index contributed by atoms with van der Waals surface area (Å²) in [5, 5.41) is 5.95. The van der Waals surface area contributed by atoms with Crippen LogP contribution >= 0.6 is 23.2 Å². The molecule has 0 heterocycles. The van der Waals surface area contributed by atoms with Crippen molar-refractivity contribution < 1.29 is 19.1 Å². The van der Waals surface area contributed by atoms with Crippen LogP contribution in [0, 0.1) is 13.8 Å². The Morgan fingerprint density at radius 2 is 1.46 bits per heavy atom. The van der Waals surface area contributed by atoms with E-state index in [4.69, 9.17) is 27.9 Å². The van der Waals surface area contributed by atoms with E-state index in [0.717, 1.165) is 11.1 Å². The summed E-state index contributed by atoms with van der Waals surface area (Å²) in [5.41, 5.74) is 3.26. The molecule has 28 heavy (non-hydrogen) atoms. The maximum atomic E-state index is 11.9. The van der Waals surface area contributed by atoms with Gasteiger partial charge in [0.25, 0.3) is 5.91 Å². The zero-order valence-corrected chi connectivity index (χ0v) is 17.0. The van der Waals surface area contributed by atoms with E-state index in [1.807, 2.05) is 26.0 Å². The number of esters is 1. The van der Waals surface area contributed by atoms with Crippen molar-refractivity contribution in [1.82, 2.24) is 0 Å². The summed E-state index contributed by atoms with van der Waals surface area (Å²) in [6.45, 7) is 3.49. The highest BCUT2D eigenvalue weighted by molar-refractivity contribution is 6.42. The first-order valence-electron chi connectivity index (χ1n) is 8.52. The molecule has 2 aromatic rings. The number of benzene rings is 2. The van der Waals surface area contributed by atoms with Crippen LogP contribution in [0.1, 0.15) is 24.0 Å². The van der Waals surface area contributed by atoms with Gasteiger partial charge in [-0.15, -0.1) is 0 Å². The minimum atomic E-state index is -0.639. The topological polar surface area (TPSA) is 84.5 Å². The molecule has 2 amide bonds. The molecule has 0 fully saturated rings. The number of hydrogen-bond donors (Lipinski definition) is 2. The minimum Gasteiger partial charge on any atom is -0.456 e. The normalized spacial score (nSPS) is 10.3. The first-order chi connectivity index (χ1) is 13.2. The molecule has 0 aliphatic heterocycles. The number of ether oxygens (including phenoxy) is 1. The van der Waals surface area contributed by atoms with Crippen LogP contribution < -0.4 is 10.6 Å². The highest BCUT2D eigenvalue weighted by Crippen LogP contribution is 2.25. The lowest BCUT2D eigenvalue weighted by molar-refractivity contribution is -0.147. The Kier molecular flexibility index (Phi) is 7.84. The van der Waals surface area contributed by atoms with Crippen LogP contribution in [0.4, 0.5) is 11.4 Å². The van der Waals surface area contributed by atoms with Crippen molar-refractivity contribution in [2.45, 2.75) is 26.7 Å². The maximum Gasteiger partial charge on any atom is 0.306 e. The van der Waals surface area contributed by atoms with E-state index in [1.165, 1.54) is 6.07 Å². The molecule has 2 N–H and O–H groups in total. The van der Waals surface area contributed by atoms with Crippen molar-refractivity contribution in [3.8, 4) is 0 Å². The molecule has 0 bridgehead atoms. The van der Waals surface area contributed by atoms with Crippen molar-refractivity contribution in [3.05, 3.63) is 57.6 Å². The lowest BCUT2D eigenvalue weighted by Gasteiger charge is -2.09. The van der Waals surface area contributed by atoms with Gasteiger partial charge in [-0.05, 0) is 55.3 Å². The van der Waals surface area contributed by atoms with Crippen LogP contribution in [0.25, 0.3) is 0 Å². The van der Waals surface area contributed by atoms with Gasteiger partial charge in [0.05, 0.1) is 16.5 Å². The van der Waals surface area contributed by atoms with Crippen LogP contribution in [-0.4, -0.2) is 24.4 Å². The zero-order valence-electron chi connectivity index (χ0n) is 15.5. The molecule has 0 saturated carbocycles. The molecule has 0 spiro atoms. The lowest BCUT2D eigenvalue weighted by atomic mass is 10.1. The number of rotatable bonds is 7. The monoisotopic (exact) mass is 422 g/mol. The van der Waals surface area contributed by atoms with Crippen LogP contribution in [0.5, 0.6) is 0 Å². The van der Waals surface area contributed by atoms with Crippen LogP contribution in [0.15, 0.2) is 36.4 Å². The predicted octanol–water partition coefficient (Wildman–Crippen LogP) is 4.51. The quantitative estimate of drug-likeness (QED) is 0.642. The van der Waals surface area contributed by atoms with Gasteiger partial charge in [-0.25, -0.2) is 0 Å². The van der Waals surface area contributed by atoms with E-state index >= 15 is 0 Å². The van der Waals surface area contributed by atoms with E-state index in [2.05, 4.69) is 10.6 Å². The summed E-state index contributed by atoms with van der Waals surface area (Å²) in [6, 6.07) is 10.2. The van der Waals surface area contributed by atoms with Crippen LogP contribution in [0.2, 0.25) is 10.0 Å². The number of carbonyl (C=O) groups excluding carboxylic acids is 3. The van der Waals surface area contributed by atoms with Crippen LogP contribution in [-0.2, 0) is 19.1 Å². The van der Waals surface area contributed by atoms with Gasteiger partial charge in [0.2, 0.25) is 5.91 Å². The van der Waals surface area contributed by atoms with E-state index in [0.29, 0.717) is 21.4 Å². The lowest BCUT2D eigenvalue weighted by Crippen LogP contribution is -2.21. The Balaban J connectivity index is 1.71. The largest absolute Gasteiger partial charge is 0.456 e. The molecule has 8 heteroatoms. The second kappa shape index (κ2) is 10.1. The van der Waals surface area contributed by atoms with E-state index in [9.17, 15) is 14.4 Å². The van der Waals surface area contributed by atoms with Crippen LogP contribution in [0.3, 0.4) is 0 Å². The highest BCUT2D eigenvalue weighted by atomic mass is 35.5. The van der Waals surface area contributed by atoms with Gasteiger partial charge in [-0.3, -0.25) is 14.4 Å². The van der Waals surface area contributed by atoms with E-state index < -0.39 is 18.5 Å². The molecule has 0 aliphatic carbocycles. The van der Waals surface area contributed by atoms with Crippen molar-refractivity contribution in [3.63, 3.8) is 0 Å². The SMILES string of the molecule is Cc1ccc(NC(=O)COC(=O)CCC(=O)Nc2ccc(Cl)c(Cl)c2)cc1C. The molecule has 2 rings (SSSR count). The van der Waals surface area contributed by atoms with Gasteiger partial charge >= 0.3 is 5.97 Å². The molecular formula is C20H20Cl2N2O4. The Morgan fingerprint density at radius 1 is 0.821 bits per heavy atom. The third-order valence-corrected chi connectivity index (χ3v) is 4.65. The molecule has 148 valence electrons. The molecule has 0 saturated heterocycles. The van der Waals surface area contributed by atoms with Gasteiger partial charge in [-0.2, -0.15) is 0 Å².